The maximum atomic E-state index is 12.4. The molecule has 9 heteroatoms. The number of hydrogen-bond donors (Lipinski definition) is 3. The summed E-state index contributed by atoms with van der Waals surface area (Å²) in [6.07, 6.45) is 2.66. The van der Waals surface area contributed by atoms with Crippen LogP contribution in [0.15, 0.2) is 46.0 Å². The van der Waals surface area contributed by atoms with Crippen LogP contribution in [0.5, 0.6) is 5.75 Å². The van der Waals surface area contributed by atoms with Gasteiger partial charge in [0, 0.05) is 22.9 Å². The predicted molar refractivity (Wildman–Crippen MR) is 83.5 cm³/mol. The van der Waals surface area contributed by atoms with Crippen molar-refractivity contribution in [3.05, 3.63) is 41.1 Å². The molecule has 2 rings (SSSR count). The van der Waals surface area contributed by atoms with Gasteiger partial charge in [0.1, 0.15) is 10.6 Å². The highest BCUT2D eigenvalue weighted by molar-refractivity contribution is 9.10. The third kappa shape index (κ3) is 3.63. The van der Waals surface area contributed by atoms with Gasteiger partial charge in [-0.15, -0.1) is 0 Å². The van der Waals surface area contributed by atoms with Crippen LogP contribution in [0, 0.1) is 0 Å². The fourth-order valence-corrected chi connectivity index (χ4v) is 3.29. The van der Waals surface area contributed by atoms with Crippen LogP contribution in [-0.2, 0) is 10.0 Å². The number of hydrogen-bond acceptors (Lipinski definition) is 6. The van der Waals surface area contributed by atoms with Gasteiger partial charge in [0.05, 0.1) is 18.5 Å². The molecule has 1 heterocycles. The zero-order valence-electron chi connectivity index (χ0n) is 11.0. The van der Waals surface area contributed by atoms with Crippen molar-refractivity contribution in [2.75, 3.05) is 17.3 Å². The fourth-order valence-electron chi connectivity index (χ4n) is 1.66. The Labute approximate surface area is 130 Å². The van der Waals surface area contributed by atoms with Gasteiger partial charge in [0.2, 0.25) is 0 Å². The first-order chi connectivity index (χ1) is 9.96. The van der Waals surface area contributed by atoms with Crippen molar-refractivity contribution in [3.8, 4) is 5.75 Å². The van der Waals surface area contributed by atoms with Gasteiger partial charge in [-0.3, -0.25) is 15.5 Å². The van der Waals surface area contributed by atoms with E-state index in [1.165, 1.54) is 25.6 Å². The van der Waals surface area contributed by atoms with Crippen molar-refractivity contribution in [1.29, 1.82) is 0 Å². The predicted octanol–water partition coefficient (Wildman–Crippen LogP) is 1.94. The zero-order valence-corrected chi connectivity index (χ0v) is 13.4. The van der Waals surface area contributed by atoms with Crippen molar-refractivity contribution >= 4 is 37.3 Å². The van der Waals surface area contributed by atoms with Gasteiger partial charge in [0.25, 0.3) is 10.0 Å². The first-order valence-electron chi connectivity index (χ1n) is 5.74. The molecule has 1 aromatic carbocycles. The van der Waals surface area contributed by atoms with Gasteiger partial charge in [-0.2, -0.15) is 0 Å². The highest BCUT2D eigenvalue weighted by atomic mass is 79.9. The molecule has 0 saturated heterocycles. The van der Waals surface area contributed by atoms with Gasteiger partial charge in [-0.25, -0.2) is 8.42 Å². The molecule has 0 fully saturated rings. The summed E-state index contributed by atoms with van der Waals surface area (Å²) in [5.74, 6) is 5.83. The largest absolute Gasteiger partial charge is 0.497 e. The van der Waals surface area contributed by atoms with Crippen LogP contribution < -0.4 is 20.7 Å². The number of nitrogens with one attached hydrogen (secondary N) is 2. The number of ether oxygens (including phenoxy) is 1. The van der Waals surface area contributed by atoms with Crippen molar-refractivity contribution in [1.82, 2.24) is 4.98 Å². The van der Waals surface area contributed by atoms with Gasteiger partial charge in [-0.05, 0) is 18.2 Å². The maximum Gasteiger partial charge on any atom is 0.265 e. The second kappa shape index (κ2) is 6.29. The number of aromatic nitrogens is 1. The van der Waals surface area contributed by atoms with E-state index in [2.05, 4.69) is 31.1 Å². The highest BCUT2D eigenvalue weighted by Crippen LogP contribution is 2.27. The van der Waals surface area contributed by atoms with Crippen molar-refractivity contribution in [2.45, 2.75) is 4.90 Å². The Morgan fingerprint density at radius 2 is 2.10 bits per heavy atom. The van der Waals surface area contributed by atoms with E-state index in [9.17, 15) is 8.42 Å². The number of nitrogens with two attached hydrogens (primary N) is 1. The highest BCUT2D eigenvalue weighted by Gasteiger charge is 2.19. The third-order valence-electron chi connectivity index (χ3n) is 2.59. The van der Waals surface area contributed by atoms with Crippen molar-refractivity contribution in [2.24, 2.45) is 5.84 Å². The van der Waals surface area contributed by atoms with Gasteiger partial charge in [0.15, 0.2) is 0 Å². The minimum Gasteiger partial charge on any atom is -0.497 e. The van der Waals surface area contributed by atoms with E-state index in [-0.39, 0.29) is 10.6 Å². The minimum absolute atomic E-state index is 0.0496. The number of rotatable bonds is 5. The lowest BCUT2D eigenvalue weighted by Crippen LogP contribution is -2.17. The van der Waals surface area contributed by atoms with Crippen LogP contribution in [0.25, 0.3) is 0 Å². The number of anilines is 2. The van der Waals surface area contributed by atoms with Crippen LogP contribution >= 0.6 is 15.9 Å². The van der Waals surface area contributed by atoms with Crippen LogP contribution in [0.4, 0.5) is 11.4 Å². The molecule has 0 bridgehead atoms. The SMILES string of the molecule is COc1cc(Br)cc(NS(=O)(=O)c2cnccc2NN)c1. The molecule has 0 saturated carbocycles. The van der Waals surface area contributed by atoms with E-state index in [0.717, 1.165) is 0 Å². The molecule has 0 aliphatic rings. The lowest BCUT2D eigenvalue weighted by Gasteiger charge is -2.12. The number of nitrogen functional groups attached to an aromatic ring is 1. The molecule has 0 unspecified atom stereocenters. The molecule has 112 valence electrons. The summed E-state index contributed by atoms with van der Waals surface area (Å²) in [6.45, 7) is 0. The second-order valence-corrected chi connectivity index (χ2v) is 6.57. The Hall–Kier alpha value is -1.84. The first-order valence-corrected chi connectivity index (χ1v) is 8.02. The number of methoxy groups -OCH3 is 1. The van der Waals surface area contributed by atoms with E-state index in [4.69, 9.17) is 10.6 Å². The molecule has 0 aliphatic carbocycles. The molecule has 21 heavy (non-hydrogen) atoms. The summed E-state index contributed by atoms with van der Waals surface area (Å²) in [5.41, 5.74) is 2.93. The first kappa shape index (κ1) is 15.5. The third-order valence-corrected chi connectivity index (χ3v) is 4.46. The number of halogens is 1. The molecule has 0 radical (unpaired) electrons. The molecule has 0 aliphatic heterocycles. The smallest absolute Gasteiger partial charge is 0.265 e. The van der Waals surface area contributed by atoms with Crippen molar-refractivity contribution < 1.29 is 13.2 Å². The van der Waals surface area contributed by atoms with E-state index in [0.29, 0.717) is 15.9 Å². The summed E-state index contributed by atoms with van der Waals surface area (Å²) in [7, 11) is -2.33. The number of sulfonamides is 1. The second-order valence-electron chi connectivity index (χ2n) is 4.00. The lowest BCUT2D eigenvalue weighted by atomic mass is 10.3. The van der Waals surface area contributed by atoms with Gasteiger partial charge >= 0.3 is 0 Å². The monoisotopic (exact) mass is 372 g/mol. The van der Waals surface area contributed by atoms with Crippen molar-refractivity contribution in [3.63, 3.8) is 0 Å². The fraction of sp³-hybridized carbons (Fsp3) is 0.0833. The molecule has 1 aromatic heterocycles. The summed E-state index contributed by atoms with van der Waals surface area (Å²) in [6, 6.07) is 6.37. The van der Waals surface area contributed by atoms with Crippen LogP contribution in [0.1, 0.15) is 0 Å². The topological polar surface area (TPSA) is 106 Å². The Morgan fingerprint density at radius 3 is 2.76 bits per heavy atom. The van der Waals surface area contributed by atoms with Gasteiger partial charge < -0.3 is 10.2 Å². The standard InChI is InChI=1S/C12H13BrN4O3S/c1-20-10-5-8(13)4-9(6-10)17-21(18,19)12-7-15-3-2-11(12)16-14/h2-7,17H,14H2,1H3,(H,15,16). The summed E-state index contributed by atoms with van der Waals surface area (Å²) in [4.78, 5) is 3.75. The summed E-state index contributed by atoms with van der Waals surface area (Å²) < 4.78 is 33.0. The molecule has 0 atom stereocenters. The van der Waals surface area contributed by atoms with E-state index in [1.54, 1.807) is 18.2 Å². The minimum atomic E-state index is -3.83. The Bertz CT molecular complexity index is 752. The van der Waals surface area contributed by atoms with Crippen LogP contribution in [0.2, 0.25) is 0 Å². The molecule has 7 nitrogen and oxygen atoms in total. The van der Waals surface area contributed by atoms with E-state index < -0.39 is 10.0 Å². The summed E-state index contributed by atoms with van der Waals surface area (Å²) >= 11 is 3.29. The molecule has 0 spiro atoms. The molecular weight excluding hydrogens is 360 g/mol. The van der Waals surface area contributed by atoms with Crippen LogP contribution in [-0.4, -0.2) is 20.5 Å². The molecule has 4 N–H and O–H groups in total. The van der Waals surface area contributed by atoms with Gasteiger partial charge in [-0.1, -0.05) is 15.9 Å². The summed E-state index contributed by atoms with van der Waals surface area (Å²) in [5, 5.41) is 0. The Balaban J connectivity index is 2.40. The average Bonchev–Trinajstić information content (AvgIpc) is 2.46. The Kier molecular flexibility index (Phi) is 4.66. The zero-order chi connectivity index (χ0) is 15.5. The number of pyridine rings is 1. The maximum absolute atomic E-state index is 12.4. The lowest BCUT2D eigenvalue weighted by molar-refractivity contribution is 0.415. The molecule has 2 aromatic rings. The quantitative estimate of drug-likeness (QED) is 0.546. The van der Waals surface area contributed by atoms with E-state index in [1.807, 2.05) is 0 Å². The Morgan fingerprint density at radius 1 is 1.33 bits per heavy atom. The van der Waals surface area contributed by atoms with Crippen LogP contribution in [0.3, 0.4) is 0 Å². The molecular formula is C12H13BrN4O3S. The number of nitrogens with zero attached hydrogens (tertiary/aromatic N) is 1. The van der Waals surface area contributed by atoms with E-state index >= 15 is 0 Å². The number of benzene rings is 1. The average molecular weight is 373 g/mol. The molecule has 0 amide bonds. The number of hydrazine groups is 1. The normalized spacial score (nSPS) is 11.0.